The summed E-state index contributed by atoms with van der Waals surface area (Å²) in [5.41, 5.74) is 7.34. The average Bonchev–Trinajstić information content (AvgIpc) is 2.71. The molecule has 0 bridgehead atoms. The lowest BCUT2D eigenvalue weighted by atomic mass is 10.0. The van der Waals surface area contributed by atoms with Gasteiger partial charge in [0.05, 0.1) is 6.21 Å². The van der Waals surface area contributed by atoms with E-state index in [1.807, 2.05) is 42.5 Å². The van der Waals surface area contributed by atoms with Gasteiger partial charge < -0.3 is 0 Å². The number of nitrogens with one attached hydrogen (secondary N) is 2. The number of hydroxylamine groups is 1. The van der Waals surface area contributed by atoms with Crippen molar-refractivity contribution in [2.75, 3.05) is 0 Å². The van der Waals surface area contributed by atoms with Crippen molar-refractivity contribution in [3.8, 4) is 11.1 Å². The number of unbranched alkanes of at least 4 members (excludes halogenated alkanes) is 3. The summed E-state index contributed by atoms with van der Waals surface area (Å²) in [6.07, 6.45) is 5.47. The summed E-state index contributed by atoms with van der Waals surface area (Å²) < 4.78 is 0. The van der Waals surface area contributed by atoms with Gasteiger partial charge in [0.25, 0.3) is 0 Å². The standard InChI is InChI=1S/C21H25N3O3/c25-20(10-6-1-2-7-11-21(26)24-27)23-22-16-17-12-14-19(15-13-17)18-8-4-3-5-9-18/h3-5,8-9,12-16,27H,1-2,6-7,10-11H2,(H,23,25)(H,24,26)/b22-16+. The van der Waals surface area contributed by atoms with Gasteiger partial charge in [-0.1, -0.05) is 67.4 Å². The van der Waals surface area contributed by atoms with Crippen molar-refractivity contribution in [1.29, 1.82) is 0 Å². The molecule has 2 rings (SSSR count). The number of hydrogen-bond acceptors (Lipinski definition) is 4. The molecule has 2 aromatic rings. The van der Waals surface area contributed by atoms with Crippen LogP contribution in [0.4, 0.5) is 0 Å². The maximum atomic E-state index is 11.7. The fourth-order valence-corrected chi connectivity index (χ4v) is 2.61. The minimum absolute atomic E-state index is 0.125. The number of carbonyl (C=O) groups excluding carboxylic acids is 2. The summed E-state index contributed by atoms with van der Waals surface area (Å²) in [7, 11) is 0. The number of nitrogens with zero attached hydrogens (tertiary/aromatic N) is 1. The summed E-state index contributed by atoms with van der Waals surface area (Å²) in [5, 5.41) is 12.4. The van der Waals surface area contributed by atoms with Crippen molar-refractivity contribution in [2.45, 2.75) is 38.5 Å². The minimum Gasteiger partial charge on any atom is -0.289 e. The van der Waals surface area contributed by atoms with E-state index < -0.39 is 0 Å². The van der Waals surface area contributed by atoms with E-state index in [0.717, 1.165) is 36.0 Å². The molecule has 0 saturated heterocycles. The zero-order valence-corrected chi connectivity index (χ0v) is 15.2. The number of amides is 2. The third-order valence-electron chi connectivity index (χ3n) is 4.10. The Morgan fingerprint density at radius 1 is 0.815 bits per heavy atom. The second-order valence-electron chi connectivity index (χ2n) is 6.23. The molecule has 142 valence electrons. The first-order valence-electron chi connectivity index (χ1n) is 9.09. The van der Waals surface area contributed by atoms with E-state index in [1.165, 1.54) is 0 Å². The molecular weight excluding hydrogens is 342 g/mol. The summed E-state index contributed by atoms with van der Waals surface area (Å²) in [6, 6.07) is 18.1. The fraction of sp³-hybridized carbons (Fsp3) is 0.286. The smallest absolute Gasteiger partial charge is 0.243 e. The summed E-state index contributed by atoms with van der Waals surface area (Å²) in [6.45, 7) is 0. The maximum Gasteiger partial charge on any atom is 0.243 e. The van der Waals surface area contributed by atoms with E-state index in [0.29, 0.717) is 19.3 Å². The summed E-state index contributed by atoms with van der Waals surface area (Å²) in [5.74, 6) is -0.501. The molecule has 0 aliphatic carbocycles. The molecule has 0 radical (unpaired) electrons. The first-order chi connectivity index (χ1) is 13.2. The largest absolute Gasteiger partial charge is 0.289 e. The highest BCUT2D eigenvalue weighted by Crippen LogP contribution is 2.18. The van der Waals surface area contributed by atoms with Gasteiger partial charge >= 0.3 is 0 Å². The van der Waals surface area contributed by atoms with Crippen LogP contribution in [0.3, 0.4) is 0 Å². The van der Waals surface area contributed by atoms with Crippen molar-refractivity contribution in [1.82, 2.24) is 10.9 Å². The first-order valence-corrected chi connectivity index (χ1v) is 9.09. The van der Waals surface area contributed by atoms with Crippen LogP contribution in [0.5, 0.6) is 0 Å². The van der Waals surface area contributed by atoms with E-state index in [2.05, 4.69) is 22.7 Å². The van der Waals surface area contributed by atoms with Gasteiger partial charge in [0.2, 0.25) is 11.8 Å². The predicted molar refractivity (Wildman–Crippen MR) is 105 cm³/mol. The second kappa shape index (κ2) is 11.6. The Morgan fingerprint density at radius 3 is 2.04 bits per heavy atom. The van der Waals surface area contributed by atoms with Crippen molar-refractivity contribution in [3.63, 3.8) is 0 Å². The molecule has 0 unspecified atom stereocenters. The maximum absolute atomic E-state index is 11.7. The lowest BCUT2D eigenvalue weighted by molar-refractivity contribution is -0.129. The Bertz CT molecular complexity index is 743. The molecule has 0 atom stereocenters. The topological polar surface area (TPSA) is 90.8 Å². The molecule has 0 saturated carbocycles. The number of hydrazone groups is 1. The molecule has 0 heterocycles. The van der Waals surface area contributed by atoms with Crippen LogP contribution in [0.25, 0.3) is 11.1 Å². The molecule has 6 nitrogen and oxygen atoms in total. The third-order valence-corrected chi connectivity index (χ3v) is 4.10. The van der Waals surface area contributed by atoms with Crippen LogP contribution in [0, 0.1) is 0 Å². The molecule has 27 heavy (non-hydrogen) atoms. The molecule has 2 aromatic carbocycles. The number of benzene rings is 2. The molecule has 3 N–H and O–H groups in total. The number of hydrogen-bond donors (Lipinski definition) is 3. The SMILES string of the molecule is O=C(CCCCCCC(=O)N/N=C/c1ccc(-c2ccccc2)cc1)NO. The Kier molecular flexibility index (Phi) is 8.73. The van der Waals surface area contributed by atoms with Gasteiger partial charge in [0.15, 0.2) is 0 Å². The first kappa shape index (κ1) is 20.3. The van der Waals surface area contributed by atoms with Gasteiger partial charge in [0.1, 0.15) is 0 Å². The molecule has 0 aromatic heterocycles. The van der Waals surface area contributed by atoms with Gasteiger partial charge in [-0.15, -0.1) is 0 Å². The van der Waals surface area contributed by atoms with E-state index in [9.17, 15) is 9.59 Å². The monoisotopic (exact) mass is 367 g/mol. The van der Waals surface area contributed by atoms with Crippen molar-refractivity contribution in [3.05, 3.63) is 60.2 Å². The predicted octanol–water partition coefficient (Wildman–Crippen LogP) is 3.65. The molecule has 6 heteroatoms. The average molecular weight is 367 g/mol. The van der Waals surface area contributed by atoms with Crippen LogP contribution in [0.15, 0.2) is 59.7 Å². The molecule has 0 aliphatic rings. The zero-order valence-electron chi connectivity index (χ0n) is 15.2. The number of rotatable bonds is 10. The van der Waals surface area contributed by atoms with E-state index in [1.54, 1.807) is 11.7 Å². The van der Waals surface area contributed by atoms with Crippen molar-refractivity contribution < 1.29 is 14.8 Å². The quantitative estimate of drug-likeness (QED) is 0.259. The van der Waals surface area contributed by atoms with Crippen LogP contribution in [-0.2, 0) is 9.59 Å². The highest BCUT2D eigenvalue weighted by atomic mass is 16.5. The summed E-state index contributed by atoms with van der Waals surface area (Å²) >= 11 is 0. The van der Waals surface area contributed by atoms with Crippen LogP contribution in [-0.4, -0.2) is 23.2 Å². The molecule has 0 fully saturated rings. The van der Waals surface area contributed by atoms with E-state index >= 15 is 0 Å². The van der Waals surface area contributed by atoms with Gasteiger partial charge in [-0.25, -0.2) is 10.9 Å². The lowest BCUT2D eigenvalue weighted by Crippen LogP contribution is -2.18. The Hall–Kier alpha value is -2.99. The van der Waals surface area contributed by atoms with Crippen LogP contribution in [0.2, 0.25) is 0 Å². The highest BCUT2D eigenvalue weighted by molar-refractivity contribution is 5.83. The van der Waals surface area contributed by atoms with E-state index in [-0.39, 0.29) is 11.8 Å². The van der Waals surface area contributed by atoms with Crippen molar-refractivity contribution >= 4 is 18.0 Å². The molecule has 0 spiro atoms. The zero-order chi connectivity index (χ0) is 19.3. The third kappa shape index (κ3) is 7.83. The van der Waals surface area contributed by atoms with Gasteiger partial charge in [-0.2, -0.15) is 5.10 Å². The van der Waals surface area contributed by atoms with Crippen molar-refractivity contribution in [2.24, 2.45) is 5.10 Å². The van der Waals surface area contributed by atoms with Crippen LogP contribution in [0.1, 0.15) is 44.1 Å². The van der Waals surface area contributed by atoms with E-state index in [4.69, 9.17) is 5.21 Å². The van der Waals surface area contributed by atoms with Gasteiger partial charge in [-0.3, -0.25) is 14.8 Å². The molecular formula is C21H25N3O3. The Labute approximate surface area is 159 Å². The highest BCUT2D eigenvalue weighted by Gasteiger charge is 2.01. The summed E-state index contributed by atoms with van der Waals surface area (Å²) in [4.78, 5) is 22.6. The van der Waals surface area contributed by atoms with Gasteiger partial charge in [-0.05, 0) is 29.5 Å². The second-order valence-corrected chi connectivity index (χ2v) is 6.23. The molecule has 2 amide bonds. The fourth-order valence-electron chi connectivity index (χ4n) is 2.61. The normalized spacial score (nSPS) is 10.7. The lowest BCUT2D eigenvalue weighted by Gasteiger charge is -2.02. The van der Waals surface area contributed by atoms with Gasteiger partial charge in [0, 0.05) is 12.8 Å². The number of carbonyl (C=O) groups is 2. The molecule has 0 aliphatic heterocycles. The van der Waals surface area contributed by atoms with Crippen LogP contribution >= 0.6 is 0 Å². The minimum atomic E-state index is -0.376. The Morgan fingerprint density at radius 2 is 1.41 bits per heavy atom. The van der Waals surface area contributed by atoms with Crippen LogP contribution < -0.4 is 10.9 Å². The Balaban J connectivity index is 1.65.